The van der Waals surface area contributed by atoms with Gasteiger partial charge in [0.25, 0.3) is 0 Å². The first-order valence-electron chi connectivity index (χ1n) is 7.63. The summed E-state index contributed by atoms with van der Waals surface area (Å²) in [5.41, 5.74) is 5.92. The van der Waals surface area contributed by atoms with Gasteiger partial charge in [-0.15, -0.1) is 0 Å². The number of benzene rings is 1. The van der Waals surface area contributed by atoms with Crippen LogP contribution in [0.4, 0.5) is 0 Å². The summed E-state index contributed by atoms with van der Waals surface area (Å²) in [6.07, 6.45) is 5.58. The van der Waals surface area contributed by atoms with E-state index in [-0.39, 0.29) is 5.41 Å². The van der Waals surface area contributed by atoms with Crippen LogP contribution in [0, 0.1) is 11.3 Å². The Morgan fingerprint density at radius 1 is 1.40 bits per heavy atom. The number of hydrogen-bond donors (Lipinski definition) is 2. The maximum atomic E-state index is 11.2. The predicted molar refractivity (Wildman–Crippen MR) is 84.8 cm³/mol. The molecule has 0 aliphatic heterocycles. The smallest absolute Gasteiger partial charge is 0.0936 e. The lowest BCUT2D eigenvalue weighted by Crippen LogP contribution is -2.51. The van der Waals surface area contributed by atoms with Crippen molar-refractivity contribution >= 4 is 11.6 Å². The Labute approximate surface area is 127 Å². The number of nitrogens with two attached hydrogens (primary N) is 1. The summed E-state index contributed by atoms with van der Waals surface area (Å²) in [5, 5.41) is 11.9. The molecule has 1 aliphatic carbocycles. The van der Waals surface area contributed by atoms with Crippen molar-refractivity contribution in [2.24, 2.45) is 17.1 Å². The average molecular weight is 296 g/mol. The molecule has 0 heterocycles. The SMILES string of the molecule is CCC1CCCC(CN)(C(C)(O)c2ccc(Cl)cc2)C1. The van der Waals surface area contributed by atoms with E-state index in [9.17, 15) is 5.11 Å². The van der Waals surface area contributed by atoms with E-state index in [1.807, 2.05) is 31.2 Å². The van der Waals surface area contributed by atoms with Gasteiger partial charge in [0.15, 0.2) is 0 Å². The van der Waals surface area contributed by atoms with Gasteiger partial charge in [0.2, 0.25) is 0 Å². The standard InChI is InChI=1S/C17H26ClNO/c1-3-13-5-4-10-17(11-13,12-19)16(2,20)14-6-8-15(18)9-7-14/h6-9,13,20H,3-5,10-12,19H2,1-2H3. The van der Waals surface area contributed by atoms with Crippen LogP contribution >= 0.6 is 11.6 Å². The van der Waals surface area contributed by atoms with Gasteiger partial charge in [0.05, 0.1) is 5.60 Å². The van der Waals surface area contributed by atoms with E-state index in [0.717, 1.165) is 24.8 Å². The molecule has 2 rings (SSSR count). The monoisotopic (exact) mass is 295 g/mol. The second-order valence-corrected chi connectivity index (χ2v) is 6.87. The van der Waals surface area contributed by atoms with Crippen molar-refractivity contribution in [3.05, 3.63) is 34.9 Å². The molecule has 20 heavy (non-hydrogen) atoms. The molecule has 3 heteroatoms. The highest BCUT2D eigenvalue weighted by atomic mass is 35.5. The summed E-state index contributed by atoms with van der Waals surface area (Å²) in [7, 11) is 0. The molecule has 3 atom stereocenters. The van der Waals surface area contributed by atoms with Crippen LogP contribution in [0.15, 0.2) is 24.3 Å². The van der Waals surface area contributed by atoms with Crippen LogP contribution in [-0.4, -0.2) is 11.7 Å². The van der Waals surface area contributed by atoms with E-state index in [2.05, 4.69) is 6.92 Å². The van der Waals surface area contributed by atoms with E-state index in [4.69, 9.17) is 17.3 Å². The minimum absolute atomic E-state index is 0.222. The second kappa shape index (κ2) is 6.05. The van der Waals surface area contributed by atoms with Crippen LogP contribution < -0.4 is 5.73 Å². The molecule has 0 amide bonds. The fourth-order valence-corrected chi connectivity index (χ4v) is 3.87. The Kier molecular flexibility index (Phi) is 4.78. The van der Waals surface area contributed by atoms with E-state index >= 15 is 0 Å². The minimum Gasteiger partial charge on any atom is -0.385 e. The van der Waals surface area contributed by atoms with Crippen molar-refractivity contribution in [2.75, 3.05) is 6.54 Å². The zero-order chi connectivity index (χ0) is 14.8. The van der Waals surface area contributed by atoms with Crippen molar-refractivity contribution in [1.82, 2.24) is 0 Å². The van der Waals surface area contributed by atoms with Crippen molar-refractivity contribution < 1.29 is 5.11 Å². The Hall–Kier alpha value is -0.570. The minimum atomic E-state index is -0.903. The zero-order valence-corrected chi connectivity index (χ0v) is 13.3. The fraction of sp³-hybridized carbons (Fsp3) is 0.647. The van der Waals surface area contributed by atoms with Crippen LogP contribution in [0.2, 0.25) is 5.02 Å². The van der Waals surface area contributed by atoms with Gasteiger partial charge in [-0.05, 0) is 43.4 Å². The summed E-state index contributed by atoms with van der Waals surface area (Å²) in [4.78, 5) is 0. The van der Waals surface area contributed by atoms with Gasteiger partial charge >= 0.3 is 0 Å². The quantitative estimate of drug-likeness (QED) is 0.879. The first-order valence-corrected chi connectivity index (χ1v) is 8.01. The summed E-state index contributed by atoms with van der Waals surface area (Å²) in [5.74, 6) is 0.672. The molecular weight excluding hydrogens is 270 g/mol. The Balaban J connectivity index is 2.35. The van der Waals surface area contributed by atoms with E-state index < -0.39 is 5.60 Å². The number of rotatable bonds is 4. The molecule has 2 nitrogen and oxygen atoms in total. The lowest BCUT2D eigenvalue weighted by molar-refractivity contribution is -0.102. The molecule has 3 unspecified atom stereocenters. The highest BCUT2D eigenvalue weighted by molar-refractivity contribution is 6.30. The van der Waals surface area contributed by atoms with Gasteiger partial charge in [-0.25, -0.2) is 0 Å². The van der Waals surface area contributed by atoms with Gasteiger partial charge in [-0.2, -0.15) is 0 Å². The van der Waals surface area contributed by atoms with E-state index in [1.54, 1.807) is 0 Å². The Morgan fingerprint density at radius 2 is 2.05 bits per heavy atom. The third kappa shape index (κ3) is 2.74. The van der Waals surface area contributed by atoms with Crippen LogP contribution in [0.5, 0.6) is 0 Å². The van der Waals surface area contributed by atoms with E-state index in [0.29, 0.717) is 17.5 Å². The predicted octanol–water partition coefficient (Wildman–Crippen LogP) is 4.09. The molecule has 0 radical (unpaired) electrons. The molecule has 0 spiro atoms. The Bertz CT molecular complexity index is 443. The topological polar surface area (TPSA) is 46.2 Å². The summed E-state index contributed by atoms with van der Waals surface area (Å²) in [6.45, 7) is 4.68. The van der Waals surface area contributed by atoms with Gasteiger partial charge < -0.3 is 10.8 Å². The van der Waals surface area contributed by atoms with Crippen LogP contribution in [0.25, 0.3) is 0 Å². The third-order valence-corrected chi connectivity index (χ3v) is 5.61. The van der Waals surface area contributed by atoms with Gasteiger partial charge in [-0.1, -0.05) is 49.9 Å². The first-order chi connectivity index (χ1) is 9.45. The maximum Gasteiger partial charge on any atom is 0.0936 e. The number of hydrogen-bond acceptors (Lipinski definition) is 2. The largest absolute Gasteiger partial charge is 0.385 e. The second-order valence-electron chi connectivity index (χ2n) is 6.43. The first kappa shape index (κ1) is 15.8. The molecule has 3 N–H and O–H groups in total. The van der Waals surface area contributed by atoms with Gasteiger partial charge in [0, 0.05) is 17.0 Å². The molecule has 1 aliphatic rings. The molecule has 112 valence electrons. The molecule has 1 saturated carbocycles. The van der Waals surface area contributed by atoms with Crippen molar-refractivity contribution in [1.29, 1.82) is 0 Å². The zero-order valence-electron chi connectivity index (χ0n) is 12.5. The van der Waals surface area contributed by atoms with E-state index in [1.165, 1.54) is 12.8 Å². The normalized spacial score (nSPS) is 29.9. The molecule has 0 bridgehead atoms. The van der Waals surface area contributed by atoms with Crippen LogP contribution in [0.3, 0.4) is 0 Å². The van der Waals surface area contributed by atoms with Gasteiger partial charge in [-0.3, -0.25) is 0 Å². The molecule has 0 aromatic heterocycles. The third-order valence-electron chi connectivity index (χ3n) is 5.35. The lowest BCUT2D eigenvalue weighted by atomic mass is 9.59. The van der Waals surface area contributed by atoms with Crippen LogP contribution in [0.1, 0.15) is 51.5 Å². The number of aliphatic hydroxyl groups is 1. The molecule has 1 aromatic rings. The van der Waals surface area contributed by atoms with Crippen LogP contribution in [-0.2, 0) is 5.60 Å². The maximum absolute atomic E-state index is 11.2. The molecule has 0 saturated heterocycles. The van der Waals surface area contributed by atoms with Crippen molar-refractivity contribution in [3.63, 3.8) is 0 Å². The summed E-state index contributed by atoms with van der Waals surface area (Å²) < 4.78 is 0. The summed E-state index contributed by atoms with van der Waals surface area (Å²) in [6, 6.07) is 7.54. The van der Waals surface area contributed by atoms with Gasteiger partial charge in [0.1, 0.15) is 0 Å². The highest BCUT2D eigenvalue weighted by Gasteiger charge is 2.49. The molecule has 1 aromatic carbocycles. The average Bonchev–Trinajstić information content (AvgIpc) is 2.47. The number of halogens is 1. The fourth-order valence-electron chi connectivity index (χ4n) is 3.74. The highest BCUT2D eigenvalue weighted by Crippen LogP contribution is 2.51. The summed E-state index contributed by atoms with van der Waals surface area (Å²) >= 11 is 5.96. The molecule has 1 fully saturated rings. The Morgan fingerprint density at radius 3 is 2.60 bits per heavy atom. The molecular formula is C17H26ClNO. The lowest BCUT2D eigenvalue weighted by Gasteiger charge is -2.50. The van der Waals surface area contributed by atoms with Crippen molar-refractivity contribution in [2.45, 2.75) is 51.6 Å². The van der Waals surface area contributed by atoms with Crippen molar-refractivity contribution in [3.8, 4) is 0 Å².